The molecule has 0 N–H and O–H groups in total. The molecular weight excluding hydrogens is 166 g/mol. The van der Waals surface area contributed by atoms with Crippen molar-refractivity contribution in [3.8, 4) is 5.95 Å². The van der Waals surface area contributed by atoms with Crippen molar-refractivity contribution in [3.05, 3.63) is 30.6 Å². The minimum Gasteiger partial charge on any atom is -0.220 e. The lowest BCUT2D eigenvalue weighted by Gasteiger charge is -1.99. The summed E-state index contributed by atoms with van der Waals surface area (Å²) < 4.78 is 1.64. The summed E-state index contributed by atoms with van der Waals surface area (Å²) in [6.45, 7) is 2.02. The van der Waals surface area contributed by atoms with Gasteiger partial charge in [-0.1, -0.05) is 6.92 Å². The molecule has 2 rings (SSSR count). The number of hydrogen-bond acceptors (Lipinski definition) is 4. The first-order chi connectivity index (χ1) is 6.42. The van der Waals surface area contributed by atoms with Crippen molar-refractivity contribution >= 4 is 0 Å². The summed E-state index contributed by atoms with van der Waals surface area (Å²) in [6, 6.07) is 1.77. The van der Waals surface area contributed by atoms with E-state index in [1.54, 1.807) is 23.1 Å². The summed E-state index contributed by atoms with van der Waals surface area (Å²) in [4.78, 5) is 12.2. The normalized spacial score (nSPS) is 10.2. The van der Waals surface area contributed by atoms with Crippen molar-refractivity contribution in [2.75, 3.05) is 0 Å². The zero-order chi connectivity index (χ0) is 9.10. The standard InChI is InChI=1S/C8H9N5/c1-2-7-11-6-12-13(7)8-9-4-3-5-10-8/h3-6H,2H2,1H3. The number of hydrogen-bond donors (Lipinski definition) is 0. The third-order valence-electron chi connectivity index (χ3n) is 1.68. The summed E-state index contributed by atoms with van der Waals surface area (Å²) in [6.07, 6.45) is 5.69. The monoisotopic (exact) mass is 175 g/mol. The lowest BCUT2D eigenvalue weighted by molar-refractivity contribution is 0.751. The fourth-order valence-corrected chi connectivity index (χ4v) is 1.07. The molecule has 66 valence electrons. The zero-order valence-corrected chi connectivity index (χ0v) is 7.25. The average molecular weight is 175 g/mol. The molecule has 0 fully saturated rings. The second-order valence-electron chi connectivity index (χ2n) is 2.49. The molecule has 0 aliphatic carbocycles. The van der Waals surface area contributed by atoms with Gasteiger partial charge in [0.15, 0.2) is 0 Å². The van der Waals surface area contributed by atoms with Crippen molar-refractivity contribution in [2.24, 2.45) is 0 Å². The van der Waals surface area contributed by atoms with Crippen LogP contribution in [0, 0.1) is 0 Å². The zero-order valence-electron chi connectivity index (χ0n) is 7.25. The van der Waals surface area contributed by atoms with E-state index >= 15 is 0 Å². The van der Waals surface area contributed by atoms with Gasteiger partial charge in [0.25, 0.3) is 5.95 Å². The summed E-state index contributed by atoms with van der Waals surface area (Å²) in [5, 5.41) is 4.04. The van der Waals surface area contributed by atoms with Crippen LogP contribution in [0.25, 0.3) is 5.95 Å². The Morgan fingerprint density at radius 2 is 2.00 bits per heavy atom. The van der Waals surface area contributed by atoms with Crippen LogP contribution in [0.2, 0.25) is 0 Å². The van der Waals surface area contributed by atoms with E-state index in [0.717, 1.165) is 12.2 Å². The van der Waals surface area contributed by atoms with Crippen LogP contribution in [0.4, 0.5) is 0 Å². The van der Waals surface area contributed by atoms with Gasteiger partial charge in [0, 0.05) is 18.8 Å². The molecule has 0 spiro atoms. The predicted octanol–water partition coefficient (Wildman–Crippen LogP) is 0.620. The third-order valence-corrected chi connectivity index (χ3v) is 1.68. The van der Waals surface area contributed by atoms with Crippen LogP contribution >= 0.6 is 0 Å². The maximum Gasteiger partial charge on any atom is 0.252 e. The van der Waals surface area contributed by atoms with E-state index < -0.39 is 0 Å². The van der Waals surface area contributed by atoms with Gasteiger partial charge < -0.3 is 0 Å². The summed E-state index contributed by atoms with van der Waals surface area (Å²) >= 11 is 0. The Morgan fingerprint density at radius 1 is 1.23 bits per heavy atom. The second-order valence-corrected chi connectivity index (χ2v) is 2.49. The quantitative estimate of drug-likeness (QED) is 0.671. The largest absolute Gasteiger partial charge is 0.252 e. The van der Waals surface area contributed by atoms with Crippen LogP contribution < -0.4 is 0 Å². The molecule has 0 aliphatic heterocycles. The third kappa shape index (κ3) is 1.40. The number of aryl methyl sites for hydroxylation is 1. The molecule has 0 saturated heterocycles. The van der Waals surface area contributed by atoms with Gasteiger partial charge in [-0.25, -0.2) is 15.0 Å². The van der Waals surface area contributed by atoms with Crippen LogP contribution in [0.3, 0.4) is 0 Å². The Bertz CT molecular complexity index is 380. The fraction of sp³-hybridized carbons (Fsp3) is 0.250. The molecule has 13 heavy (non-hydrogen) atoms. The molecule has 2 aromatic heterocycles. The van der Waals surface area contributed by atoms with E-state index in [0.29, 0.717) is 5.95 Å². The van der Waals surface area contributed by atoms with Crippen molar-refractivity contribution in [1.82, 2.24) is 24.7 Å². The molecular formula is C8H9N5. The Hall–Kier alpha value is -1.78. The van der Waals surface area contributed by atoms with E-state index in [4.69, 9.17) is 0 Å². The van der Waals surface area contributed by atoms with Crippen molar-refractivity contribution in [2.45, 2.75) is 13.3 Å². The molecule has 0 saturated carbocycles. The summed E-state index contributed by atoms with van der Waals surface area (Å²) in [5.74, 6) is 1.43. The van der Waals surface area contributed by atoms with Gasteiger partial charge in [0.05, 0.1) is 0 Å². The SMILES string of the molecule is CCc1ncnn1-c1ncccn1. The van der Waals surface area contributed by atoms with Crippen LogP contribution in [0.1, 0.15) is 12.7 Å². The molecule has 5 heteroatoms. The maximum atomic E-state index is 4.08. The number of aromatic nitrogens is 5. The Kier molecular flexibility index (Phi) is 1.99. The molecule has 0 aliphatic rings. The summed E-state index contributed by atoms with van der Waals surface area (Å²) in [7, 11) is 0. The van der Waals surface area contributed by atoms with Crippen LogP contribution in [-0.2, 0) is 6.42 Å². The first-order valence-electron chi connectivity index (χ1n) is 4.08. The fourth-order valence-electron chi connectivity index (χ4n) is 1.07. The van der Waals surface area contributed by atoms with Gasteiger partial charge in [-0.05, 0) is 6.07 Å². The van der Waals surface area contributed by atoms with Crippen molar-refractivity contribution in [1.29, 1.82) is 0 Å². The smallest absolute Gasteiger partial charge is 0.220 e. The molecule has 0 bridgehead atoms. The van der Waals surface area contributed by atoms with Crippen LogP contribution in [-0.4, -0.2) is 24.7 Å². The van der Waals surface area contributed by atoms with Gasteiger partial charge >= 0.3 is 0 Å². The van der Waals surface area contributed by atoms with E-state index in [2.05, 4.69) is 20.1 Å². The summed E-state index contributed by atoms with van der Waals surface area (Å²) in [5.41, 5.74) is 0. The minimum atomic E-state index is 0.567. The second kappa shape index (κ2) is 3.30. The highest BCUT2D eigenvalue weighted by atomic mass is 15.4. The highest BCUT2D eigenvalue weighted by molar-refractivity contribution is 5.09. The van der Waals surface area contributed by atoms with Crippen molar-refractivity contribution in [3.63, 3.8) is 0 Å². The predicted molar refractivity (Wildman–Crippen MR) is 46.3 cm³/mol. The van der Waals surface area contributed by atoms with Gasteiger partial charge in [-0.2, -0.15) is 9.78 Å². The first kappa shape index (κ1) is 7.85. The maximum absolute atomic E-state index is 4.08. The Labute approximate surface area is 75.5 Å². The number of rotatable bonds is 2. The average Bonchev–Trinajstić information content (AvgIpc) is 2.67. The Morgan fingerprint density at radius 3 is 2.69 bits per heavy atom. The van der Waals surface area contributed by atoms with Gasteiger partial charge in [0.1, 0.15) is 12.2 Å². The topological polar surface area (TPSA) is 56.5 Å². The van der Waals surface area contributed by atoms with E-state index in [1.807, 2.05) is 6.92 Å². The lowest BCUT2D eigenvalue weighted by atomic mass is 10.5. The van der Waals surface area contributed by atoms with Crippen LogP contribution in [0.15, 0.2) is 24.8 Å². The molecule has 0 aromatic carbocycles. The number of nitrogens with zero attached hydrogens (tertiary/aromatic N) is 5. The van der Waals surface area contributed by atoms with Gasteiger partial charge in [-0.15, -0.1) is 0 Å². The molecule has 2 aromatic rings. The van der Waals surface area contributed by atoms with E-state index in [9.17, 15) is 0 Å². The minimum absolute atomic E-state index is 0.567. The Balaban J connectivity index is 2.47. The van der Waals surface area contributed by atoms with Crippen LogP contribution in [0.5, 0.6) is 0 Å². The first-order valence-corrected chi connectivity index (χ1v) is 4.08. The van der Waals surface area contributed by atoms with E-state index in [-0.39, 0.29) is 0 Å². The molecule has 0 radical (unpaired) electrons. The lowest BCUT2D eigenvalue weighted by Crippen LogP contribution is -2.05. The molecule has 2 heterocycles. The molecule has 0 atom stereocenters. The van der Waals surface area contributed by atoms with Crippen molar-refractivity contribution < 1.29 is 0 Å². The molecule has 0 unspecified atom stereocenters. The molecule has 5 nitrogen and oxygen atoms in total. The highest BCUT2D eigenvalue weighted by Crippen LogP contribution is 2.00. The molecule has 0 amide bonds. The van der Waals surface area contributed by atoms with E-state index in [1.165, 1.54) is 6.33 Å². The van der Waals surface area contributed by atoms with Gasteiger partial charge in [0.2, 0.25) is 0 Å². The highest BCUT2D eigenvalue weighted by Gasteiger charge is 2.04. The van der Waals surface area contributed by atoms with Gasteiger partial charge in [-0.3, -0.25) is 0 Å².